The lowest BCUT2D eigenvalue weighted by atomic mass is 9.99. The van der Waals surface area contributed by atoms with Crippen molar-refractivity contribution in [3.05, 3.63) is 34.9 Å². The van der Waals surface area contributed by atoms with Gasteiger partial charge in [-0.2, -0.15) is 0 Å². The Morgan fingerprint density at radius 1 is 1.53 bits per heavy atom. The van der Waals surface area contributed by atoms with E-state index in [1.54, 1.807) is 12.1 Å². The molecule has 1 fully saturated rings. The summed E-state index contributed by atoms with van der Waals surface area (Å²) in [7, 11) is 1.48. The standard InChI is InChI=1S/C13H14ClNO4/c1-15-11(16)7-19-10(12(15)13(17)18)6-8-4-2-3-5-9(8)14/h2-5,10,12H,6-7H2,1H3,(H,17,18). The molecule has 1 aliphatic heterocycles. The van der Waals surface area contributed by atoms with Crippen molar-refractivity contribution in [1.82, 2.24) is 4.90 Å². The zero-order valence-corrected chi connectivity index (χ0v) is 11.1. The van der Waals surface area contributed by atoms with Crippen LogP contribution in [0.4, 0.5) is 0 Å². The molecule has 1 aromatic carbocycles. The van der Waals surface area contributed by atoms with Crippen LogP contribution >= 0.6 is 11.6 Å². The van der Waals surface area contributed by atoms with Crippen molar-refractivity contribution in [1.29, 1.82) is 0 Å². The summed E-state index contributed by atoms with van der Waals surface area (Å²) in [5, 5.41) is 9.80. The Bertz CT molecular complexity index is 505. The minimum absolute atomic E-state index is 0.102. The molecular weight excluding hydrogens is 270 g/mol. The highest BCUT2D eigenvalue weighted by molar-refractivity contribution is 6.31. The second-order valence-electron chi connectivity index (χ2n) is 4.43. The highest BCUT2D eigenvalue weighted by atomic mass is 35.5. The molecule has 2 atom stereocenters. The van der Waals surface area contributed by atoms with Crippen LogP contribution in [0.5, 0.6) is 0 Å². The van der Waals surface area contributed by atoms with Gasteiger partial charge in [0.2, 0.25) is 5.91 Å². The lowest BCUT2D eigenvalue weighted by molar-refractivity contribution is -0.169. The molecule has 0 radical (unpaired) electrons. The number of benzene rings is 1. The number of rotatable bonds is 3. The van der Waals surface area contributed by atoms with Crippen LogP contribution in [0.3, 0.4) is 0 Å². The monoisotopic (exact) mass is 283 g/mol. The average molecular weight is 284 g/mol. The average Bonchev–Trinajstić information content (AvgIpc) is 2.36. The normalized spacial score (nSPS) is 23.5. The second kappa shape index (κ2) is 5.59. The van der Waals surface area contributed by atoms with Gasteiger partial charge >= 0.3 is 5.97 Å². The first-order valence-corrected chi connectivity index (χ1v) is 6.22. The summed E-state index contributed by atoms with van der Waals surface area (Å²) in [6.45, 7) is -0.102. The number of nitrogens with zero attached hydrogens (tertiary/aromatic N) is 1. The number of hydrogen-bond acceptors (Lipinski definition) is 3. The molecule has 1 saturated heterocycles. The van der Waals surface area contributed by atoms with Crippen LogP contribution in [0.25, 0.3) is 0 Å². The molecule has 2 unspecified atom stereocenters. The van der Waals surface area contributed by atoms with Crippen molar-refractivity contribution in [2.45, 2.75) is 18.6 Å². The van der Waals surface area contributed by atoms with Crippen LogP contribution in [0.1, 0.15) is 5.56 Å². The van der Waals surface area contributed by atoms with Crippen LogP contribution < -0.4 is 0 Å². The van der Waals surface area contributed by atoms with E-state index in [4.69, 9.17) is 16.3 Å². The van der Waals surface area contributed by atoms with Gasteiger partial charge < -0.3 is 14.7 Å². The summed E-state index contributed by atoms with van der Waals surface area (Å²) in [6, 6.07) is 6.20. The molecule has 1 amide bonds. The number of carboxylic acid groups (broad SMARTS) is 1. The van der Waals surface area contributed by atoms with Crippen molar-refractivity contribution in [2.24, 2.45) is 0 Å². The van der Waals surface area contributed by atoms with Gasteiger partial charge in [-0.05, 0) is 11.6 Å². The molecule has 0 saturated carbocycles. The third-order valence-electron chi connectivity index (χ3n) is 3.22. The number of likely N-dealkylation sites (N-methyl/N-ethyl adjacent to an activating group) is 1. The van der Waals surface area contributed by atoms with Crippen molar-refractivity contribution < 1.29 is 19.4 Å². The number of ether oxygens (including phenoxy) is 1. The van der Waals surface area contributed by atoms with Crippen molar-refractivity contribution in [2.75, 3.05) is 13.7 Å². The van der Waals surface area contributed by atoms with Gasteiger partial charge in [-0.25, -0.2) is 4.79 Å². The summed E-state index contributed by atoms with van der Waals surface area (Å²) in [4.78, 5) is 24.0. The maximum atomic E-state index is 11.5. The van der Waals surface area contributed by atoms with Crippen molar-refractivity contribution in [3.63, 3.8) is 0 Å². The number of halogens is 1. The molecule has 0 aromatic heterocycles. The van der Waals surface area contributed by atoms with Crippen LogP contribution in [0.2, 0.25) is 5.02 Å². The van der Waals surface area contributed by atoms with Gasteiger partial charge in [-0.1, -0.05) is 29.8 Å². The largest absolute Gasteiger partial charge is 0.480 e. The minimum Gasteiger partial charge on any atom is -0.480 e. The van der Waals surface area contributed by atoms with Gasteiger partial charge in [0, 0.05) is 18.5 Å². The Hall–Kier alpha value is -1.59. The van der Waals surface area contributed by atoms with E-state index < -0.39 is 18.1 Å². The lowest BCUT2D eigenvalue weighted by Crippen LogP contribution is -2.57. The number of aliphatic carboxylic acids is 1. The molecular formula is C13H14ClNO4. The molecule has 1 N–H and O–H groups in total. The number of amides is 1. The quantitative estimate of drug-likeness (QED) is 0.905. The lowest BCUT2D eigenvalue weighted by Gasteiger charge is -2.36. The Morgan fingerprint density at radius 2 is 2.21 bits per heavy atom. The minimum atomic E-state index is -1.08. The fourth-order valence-electron chi connectivity index (χ4n) is 2.15. The van der Waals surface area contributed by atoms with Gasteiger partial charge in [-0.3, -0.25) is 4.79 Å². The van der Waals surface area contributed by atoms with E-state index in [9.17, 15) is 14.7 Å². The summed E-state index contributed by atoms with van der Waals surface area (Å²) in [5.74, 6) is -1.41. The van der Waals surface area contributed by atoms with Gasteiger partial charge in [0.05, 0.1) is 6.10 Å². The van der Waals surface area contributed by atoms with E-state index in [0.29, 0.717) is 11.4 Å². The predicted octanol–water partition coefficient (Wildman–Crippen LogP) is 1.19. The first-order valence-electron chi connectivity index (χ1n) is 5.84. The maximum absolute atomic E-state index is 11.5. The van der Waals surface area contributed by atoms with Gasteiger partial charge in [0.25, 0.3) is 0 Å². The van der Waals surface area contributed by atoms with Crippen molar-refractivity contribution in [3.8, 4) is 0 Å². The third-order valence-corrected chi connectivity index (χ3v) is 3.58. The van der Waals surface area contributed by atoms with Gasteiger partial charge in [0.15, 0.2) is 6.04 Å². The van der Waals surface area contributed by atoms with Gasteiger partial charge in [0.1, 0.15) is 6.61 Å². The molecule has 6 heteroatoms. The Morgan fingerprint density at radius 3 is 2.84 bits per heavy atom. The SMILES string of the molecule is CN1C(=O)COC(Cc2ccccc2Cl)C1C(=O)O. The zero-order chi connectivity index (χ0) is 14.0. The molecule has 1 aromatic rings. The van der Waals surface area contributed by atoms with Crippen molar-refractivity contribution >= 4 is 23.5 Å². The number of morpholine rings is 1. The molecule has 1 heterocycles. The topological polar surface area (TPSA) is 66.8 Å². The summed E-state index contributed by atoms with van der Waals surface area (Å²) < 4.78 is 5.36. The van der Waals surface area contributed by atoms with Crippen LogP contribution in [0.15, 0.2) is 24.3 Å². The number of hydrogen-bond donors (Lipinski definition) is 1. The first-order chi connectivity index (χ1) is 9.00. The Kier molecular flexibility index (Phi) is 4.07. The Balaban J connectivity index is 2.21. The molecule has 5 nitrogen and oxygen atoms in total. The zero-order valence-electron chi connectivity index (χ0n) is 10.4. The van der Waals surface area contributed by atoms with E-state index in [2.05, 4.69) is 0 Å². The van der Waals surface area contributed by atoms with E-state index >= 15 is 0 Å². The fourth-order valence-corrected chi connectivity index (χ4v) is 2.36. The summed E-state index contributed by atoms with van der Waals surface area (Å²) in [5.41, 5.74) is 0.808. The highest BCUT2D eigenvalue weighted by Gasteiger charge is 2.39. The Labute approximate surface area is 115 Å². The molecule has 0 bridgehead atoms. The molecule has 102 valence electrons. The van der Waals surface area contributed by atoms with Gasteiger partial charge in [-0.15, -0.1) is 0 Å². The van der Waals surface area contributed by atoms with E-state index in [-0.39, 0.29) is 12.5 Å². The van der Waals surface area contributed by atoms with Crippen LogP contribution in [-0.4, -0.2) is 47.7 Å². The summed E-state index contributed by atoms with van der Waals surface area (Å²) >= 11 is 6.05. The first kappa shape index (κ1) is 13.8. The van der Waals surface area contributed by atoms with Crippen LogP contribution in [-0.2, 0) is 20.7 Å². The van der Waals surface area contributed by atoms with Crippen LogP contribution in [0, 0.1) is 0 Å². The highest BCUT2D eigenvalue weighted by Crippen LogP contribution is 2.22. The smallest absolute Gasteiger partial charge is 0.329 e. The van der Waals surface area contributed by atoms with E-state index in [1.807, 2.05) is 12.1 Å². The van der Waals surface area contributed by atoms with E-state index in [1.165, 1.54) is 11.9 Å². The molecule has 0 aliphatic carbocycles. The maximum Gasteiger partial charge on any atom is 0.329 e. The number of carboxylic acids is 1. The third kappa shape index (κ3) is 2.88. The molecule has 0 spiro atoms. The molecule has 19 heavy (non-hydrogen) atoms. The summed E-state index contributed by atoms with van der Waals surface area (Å²) in [6.07, 6.45) is -0.242. The predicted molar refractivity (Wildman–Crippen MR) is 69.1 cm³/mol. The molecule has 1 aliphatic rings. The number of carbonyl (C=O) groups is 2. The second-order valence-corrected chi connectivity index (χ2v) is 4.84. The number of carbonyl (C=O) groups excluding carboxylic acids is 1. The fraction of sp³-hybridized carbons (Fsp3) is 0.385. The van der Waals surface area contributed by atoms with E-state index in [0.717, 1.165) is 5.56 Å². The molecule has 2 rings (SSSR count).